The maximum Gasteiger partial charge on any atom is 0.233 e. The van der Waals surface area contributed by atoms with Crippen LogP contribution in [0.5, 0.6) is 0 Å². The largest absolute Gasteiger partial charge is 0.377 e. The number of alkyl halides is 1. The molecule has 1 aliphatic rings. The Morgan fingerprint density at radius 2 is 1.85 bits per heavy atom. The molecule has 1 rings (SSSR count). The first-order valence-electron chi connectivity index (χ1n) is 4.12. The highest BCUT2D eigenvalue weighted by Gasteiger charge is 2.34. The molecule has 0 radical (unpaired) electrons. The third-order valence-corrected chi connectivity index (χ3v) is 2.77. The Labute approximate surface area is 86.3 Å². The Hall–Kier alpha value is -0.130. The van der Waals surface area contributed by atoms with E-state index in [1.165, 1.54) is 0 Å². The summed E-state index contributed by atoms with van der Waals surface area (Å²) in [6, 6.07) is 0. The highest BCUT2D eigenvalue weighted by Crippen LogP contribution is 2.15. The number of methoxy groups -OCH3 is 2. The Bertz CT molecular complexity index is 176. The minimum atomic E-state index is 0.00741. The molecule has 0 aromatic rings. The van der Waals surface area contributed by atoms with Crippen LogP contribution in [0, 0.1) is 0 Å². The first-order valence-corrected chi connectivity index (χ1v) is 5.24. The van der Waals surface area contributed by atoms with Crippen LogP contribution < -0.4 is 0 Å². The van der Waals surface area contributed by atoms with Gasteiger partial charge in [0.15, 0.2) is 0 Å². The molecule has 13 heavy (non-hydrogen) atoms. The van der Waals surface area contributed by atoms with Crippen LogP contribution in [0.15, 0.2) is 0 Å². The predicted molar refractivity (Wildman–Crippen MR) is 52.0 cm³/mol. The van der Waals surface area contributed by atoms with Gasteiger partial charge in [0.1, 0.15) is 12.2 Å². The standard InChI is InChI=1S/C8H14BrNO3/c1-12-6-4-10(8(11)3-9)5-7(6)13-2/h6-7H,3-5H2,1-2H3. The first-order chi connectivity index (χ1) is 6.22. The average molecular weight is 252 g/mol. The maximum atomic E-state index is 11.3. The van der Waals surface area contributed by atoms with E-state index in [9.17, 15) is 4.79 Å². The number of likely N-dealkylation sites (tertiary alicyclic amines) is 1. The van der Waals surface area contributed by atoms with Crippen LogP contribution in [0.2, 0.25) is 0 Å². The van der Waals surface area contributed by atoms with E-state index in [-0.39, 0.29) is 18.1 Å². The van der Waals surface area contributed by atoms with Crippen molar-refractivity contribution < 1.29 is 14.3 Å². The second kappa shape index (κ2) is 4.93. The molecule has 0 N–H and O–H groups in total. The summed E-state index contributed by atoms with van der Waals surface area (Å²) in [5.74, 6) is 0.0848. The van der Waals surface area contributed by atoms with Gasteiger partial charge < -0.3 is 14.4 Å². The Balaban J connectivity index is 2.52. The predicted octanol–water partition coefficient (Wildman–Crippen LogP) is 0.254. The van der Waals surface area contributed by atoms with Crippen molar-refractivity contribution in [3.63, 3.8) is 0 Å². The lowest BCUT2D eigenvalue weighted by Crippen LogP contribution is -2.30. The number of carbonyl (C=O) groups is 1. The summed E-state index contributed by atoms with van der Waals surface area (Å²) in [5, 5.41) is 0.361. The second-order valence-electron chi connectivity index (χ2n) is 2.98. The van der Waals surface area contributed by atoms with Gasteiger partial charge in [-0.1, -0.05) is 15.9 Å². The molecule has 0 bridgehead atoms. The zero-order valence-corrected chi connectivity index (χ0v) is 9.41. The molecular weight excluding hydrogens is 238 g/mol. The third kappa shape index (κ3) is 2.42. The first kappa shape index (κ1) is 10.9. The molecule has 1 heterocycles. The molecular formula is C8H14BrNO3. The van der Waals surface area contributed by atoms with Crippen LogP contribution in [0.25, 0.3) is 0 Å². The van der Waals surface area contributed by atoms with Crippen molar-refractivity contribution in [3.05, 3.63) is 0 Å². The van der Waals surface area contributed by atoms with Crippen molar-refractivity contribution in [2.75, 3.05) is 32.6 Å². The fourth-order valence-corrected chi connectivity index (χ4v) is 1.84. The van der Waals surface area contributed by atoms with Gasteiger partial charge in [-0.3, -0.25) is 4.79 Å². The molecule has 1 saturated heterocycles. The van der Waals surface area contributed by atoms with Gasteiger partial charge in [-0.2, -0.15) is 0 Å². The minimum Gasteiger partial charge on any atom is -0.377 e. The van der Waals surface area contributed by atoms with Crippen LogP contribution in [-0.2, 0) is 14.3 Å². The minimum absolute atomic E-state index is 0.00741. The number of hydrogen-bond donors (Lipinski definition) is 0. The molecule has 1 aliphatic heterocycles. The van der Waals surface area contributed by atoms with E-state index in [1.807, 2.05) is 0 Å². The highest BCUT2D eigenvalue weighted by molar-refractivity contribution is 9.09. The van der Waals surface area contributed by atoms with Crippen molar-refractivity contribution >= 4 is 21.8 Å². The molecule has 5 heteroatoms. The van der Waals surface area contributed by atoms with Gasteiger partial charge in [0.2, 0.25) is 5.91 Å². The van der Waals surface area contributed by atoms with Crippen LogP contribution in [0.3, 0.4) is 0 Å². The molecule has 0 aromatic carbocycles. The third-order valence-electron chi connectivity index (χ3n) is 2.29. The SMILES string of the molecule is COC1CN(C(=O)CBr)CC1OC. The van der Waals surface area contributed by atoms with Crippen LogP contribution >= 0.6 is 15.9 Å². The number of nitrogens with zero attached hydrogens (tertiary/aromatic N) is 1. The van der Waals surface area contributed by atoms with E-state index in [1.54, 1.807) is 19.1 Å². The number of carbonyl (C=O) groups excluding carboxylic acids is 1. The van der Waals surface area contributed by atoms with Crippen molar-refractivity contribution in [1.82, 2.24) is 4.90 Å². The Morgan fingerprint density at radius 3 is 2.15 bits per heavy atom. The second-order valence-corrected chi connectivity index (χ2v) is 3.54. The highest BCUT2D eigenvalue weighted by atomic mass is 79.9. The van der Waals surface area contributed by atoms with Gasteiger partial charge in [-0.15, -0.1) is 0 Å². The zero-order chi connectivity index (χ0) is 9.84. The van der Waals surface area contributed by atoms with Gasteiger partial charge in [0.25, 0.3) is 0 Å². The summed E-state index contributed by atoms with van der Waals surface area (Å²) in [6.45, 7) is 1.25. The monoisotopic (exact) mass is 251 g/mol. The van der Waals surface area contributed by atoms with E-state index in [2.05, 4.69) is 15.9 Å². The molecule has 0 saturated carbocycles. The van der Waals surface area contributed by atoms with E-state index in [0.29, 0.717) is 18.4 Å². The normalized spacial score (nSPS) is 28.1. The molecule has 2 atom stereocenters. The molecule has 0 spiro atoms. The van der Waals surface area contributed by atoms with E-state index in [4.69, 9.17) is 9.47 Å². The van der Waals surface area contributed by atoms with Gasteiger partial charge in [-0.05, 0) is 0 Å². The summed E-state index contributed by atoms with van der Waals surface area (Å²) in [5.41, 5.74) is 0. The summed E-state index contributed by atoms with van der Waals surface area (Å²) < 4.78 is 10.4. The summed E-state index contributed by atoms with van der Waals surface area (Å²) in [4.78, 5) is 13.1. The fourth-order valence-electron chi connectivity index (χ4n) is 1.48. The van der Waals surface area contributed by atoms with Gasteiger partial charge in [0.05, 0.1) is 5.33 Å². The molecule has 1 amide bonds. The lowest BCUT2D eigenvalue weighted by atomic mass is 10.3. The van der Waals surface area contributed by atoms with E-state index >= 15 is 0 Å². The molecule has 0 aliphatic carbocycles. The molecule has 0 aromatic heterocycles. The number of rotatable bonds is 3. The van der Waals surface area contributed by atoms with Crippen LogP contribution in [0.4, 0.5) is 0 Å². The van der Waals surface area contributed by atoms with Crippen LogP contribution in [-0.4, -0.2) is 55.7 Å². The van der Waals surface area contributed by atoms with Crippen molar-refractivity contribution in [2.45, 2.75) is 12.2 Å². The summed E-state index contributed by atoms with van der Waals surface area (Å²) in [7, 11) is 3.28. The van der Waals surface area contributed by atoms with Crippen LogP contribution in [0.1, 0.15) is 0 Å². The average Bonchev–Trinajstić information content (AvgIpc) is 2.59. The lowest BCUT2D eigenvalue weighted by Gasteiger charge is -2.13. The Morgan fingerprint density at radius 1 is 1.38 bits per heavy atom. The number of halogens is 1. The smallest absolute Gasteiger partial charge is 0.233 e. The topological polar surface area (TPSA) is 38.8 Å². The zero-order valence-electron chi connectivity index (χ0n) is 7.83. The van der Waals surface area contributed by atoms with Gasteiger partial charge in [-0.25, -0.2) is 0 Å². The number of ether oxygens (including phenoxy) is 2. The van der Waals surface area contributed by atoms with Crippen molar-refractivity contribution in [3.8, 4) is 0 Å². The number of hydrogen-bond acceptors (Lipinski definition) is 3. The summed E-state index contributed by atoms with van der Waals surface area (Å²) in [6.07, 6.45) is 0.0148. The molecule has 2 unspecified atom stereocenters. The quantitative estimate of drug-likeness (QED) is 0.676. The van der Waals surface area contributed by atoms with Gasteiger partial charge >= 0.3 is 0 Å². The molecule has 76 valence electrons. The molecule has 4 nitrogen and oxygen atoms in total. The maximum absolute atomic E-state index is 11.3. The van der Waals surface area contributed by atoms with Crippen molar-refractivity contribution in [2.24, 2.45) is 0 Å². The molecule has 1 fully saturated rings. The van der Waals surface area contributed by atoms with Crippen molar-refractivity contribution in [1.29, 1.82) is 0 Å². The summed E-state index contributed by atoms with van der Waals surface area (Å²) >= 11 is 3.14. The van der Waals surface area contributed by atoms with E-state index < -0.39 is 0 Å². The number of amides is 1. The fraction of sp³-hybridized carbons (Fsp3) is 0.875. The van der Waals surface area contributed by atoms with E-state index in [0.717, 1.165) is 0 Å². The van der Waals surface area contributed by atoms with Gasteiger partial charge in [0, 0.05) is 27.3 Å². The lowest BCUT2D eigenvalue weighted by molar-refractivity contribution is -0.127. The Kier molecular flexibility index (Phi) is 4.15.